The van der Waals surface area contributed by atoms with Gasteiger partial charge in [0.15, 0.2) is 5.78 Å². The van der Waals surface area contributed by atoms with Gasteiger partial charge in [0.25, 0.3) is 5.56 Å². The van der Waals surface area contributed by atoms with Crippen LogP contribution in [-0.4, -0.2) is 31.2 Å². The molecule has 0 aliphatic rings. The number of halogens is 1. The fourth-order valence-corrected chi connectivity index (χ4v) is 3.44. The third kappa shape index (κ3) is 5.80. The third-order valence-corrected chi connectivity index (χ3v) is 5.36. The second kappa shape index (κ2) is 11.3. The number of ketones is 1. The molecule has 0 saturated carbocycles. The average Bonchev–Trinajstić information content (AvgIpc) is 2.84. The van der Waals surface area contributed by atoms with Crippen molar-refractivity contribution in [1.29, 1.82) is 5.26 Å². The standard InChI is InChI=1S/C25H23ClN2O5/c1-31-11-5-10-28-15-19(12-18(14-27)25(28)30)24(29)21-13-20(32-2)8-9-23(21)33-16-17-6-3-4-7-22(17)26/h3-4,6-9,12-13,15H,5,10-11,16H2,1-2H3. The van der Waals surface area contributed by atoms with Crippen LogP contribution >= 0.6 is 11.6 Å². The van der Waals surface area contributed by atoms with E-state index in [2.05, 4.69) is 0 Å². The van der Waals surface area contributed by atoms with Gasteiger partial charge < -0.3 is 18.8 Å². The van der Waals surface area contributed by atoms with Crippen molar-refractivity contribution >= 4 is 17.4 Å². The highest BCUT2D eigenvalue weighted by molar-refractivity contribution is 6.31. The van der Waals surface area contributed by atoms with Gasteiger partial charge in [0.1, 0.15) is 29.7 Å². The lowest BCUT2D eigenvalue weighted by Gasteiger charge is -2.14. The number of ether oxygens (including phenoxy) is 3. The molecule has 3 aromatic rings. The quantitative estimate of drug-likeness (QED) is 0.328. The molecule has 0 atom stereocenters. The molecule has 0 spiro atoms. The van der Waals surface area contributed by atoms with E-state index in [9.17, 15) is 14.9 Å². The number of benzene rings is 2. The molecule has 0 aliphatic heterocycles. The van der Waals surface area contributed by atoms with Crippen molar-refractivity contribution in [2.45, 2.75) is 19.6 Å². The molecule has 0 aliphatic carbocycles. The Balaban J connectivity index is 1.98. The number of aromatic nitrogens is 1. The van der Waals surface area contributed by atoms with Gasteiger partial charge in [-0.15, -0.1) is 0 Å². The Kier molecular flexibility index (Phi) is 8.25. The van der Waals surface area contributed by atoms with E-state index in [4.69, 9.17) is 25.8 Å². The second-order valence-corrected chi connectivity index (χ2v) is 7.58. The van der Waals surface area contributed by atoms with Crippen LogP contribution in [0.1, 0.15) is 33.5 Å². The molecule has 8 heteroatoms. The van der Waals surface area contributed by atoms with Crippen LogP contribution < -0.4 is 15.0 Å². The fraction of sp³-hybridized carbons (Fsp3) is 0.240. The van der Waals surface area contributed by atoms with Crippen molar-refractivity contribution in [2.75, 3.05) is 20.8 Å². The number of methoxy groups -OCH3 is 2. The highest BCUT2D eigenvalue weighted by Gasteiger charge is 2.19. The first-order valence-electron chi connectivity index (χ1n) is 10.2. The highest BCUT2D eigenvalue weighted by atomic mass is 35.5. The Morgan fingerprint density at radius 3 is 2.64 bits per heavy atom. The molecule has 1 aromatic heterocycles. The average molecular weight is 467 g/mol. The summed E-state index contributed by atoms with van der Waals surface area (Å²) in [5.41, 5.74) is 0.643. The summed E-state index contributed by atoms with van der Waals surface area (Å²) in [5, 5.41) is 9.96. The van der Waals surface area contributed by atoms with Gasteiger partial charge >= 0.3 is 0 Å². The topological polar surface area (TPSA) is 90.5 Å². The Bertz CT molecular complexity index is 1250. The zero-order valence-corrected chi connectivity index (χ0v) is 19.1. The Morgan fingerprint density at radius 1 is 1.15 bits per heavy atom. The summed E-state index contributed by atoms with van der Waals surface area (Å²) in [6.45, 7) is 0.922. The molecule has 0 N–H and O–H groups in total. The lowest BCUT2D eigenvalue weighted by molar-refractivity contribution is 0.103. The summed E-state index contributed by atoms with van der Waals surface area (Å²) in [4.78, 5) is 26.0. The maximum Gasteiger partial charge on any atom is 0.268 e. The first-order chi connectivity index (χ1) is 16.0. The number of nitriles is 1. The van der Waals surface area contributed by atoms with Crippen molar-refractivity contribution in [1.82, 2.24) is 4.57 Å². The number of carbonyl (C=O) groups excluding carboxylic acids is 1. The lowest BCUT2D eigenvalue weighted by atomic mass is 10.0. The molecule has 3 rings (SSSR count). The molecule has 0 fully saturated rings. The number of hydrogen-bond donors (Lipinski definition) is 0. The molecule has 0 unspecified atom stereocenters. The lowest BCUT2D eigenvalue weighted by Crippen LogP contribution is -2.24. The van der Waals surface area contributed by atoms with Crippen molar-refractivity contribution in [3.63, 3.8) is 0 Å². The molecule has 2 aromatic carbocycles. The third-order valence-electron chi connectivity index (χ3n) is 4.99. The minimum atomic E-state index is -0.453. The van der Waals surface area contributed by atoms with Crippen molar-refractivity contribution < 1.29 is 19.0 Å². The molecule has 170 valence electrons. The summed E-state index contributed by atoms with van der Waals surface area (Å²) in [5.74, 6) is 0.397. The zero-order valence-electron chi connectivity index (χ0n) is 18.3. The number of aryl methyl sites for hydroxylation is 1. The van der Waals surface area contributed by atoms with Gasteiger partial charge in [0.05, 0.1) is 12.7 Å². The minimum Gasteiger partial charge on any atom is -0.497 e. The Labute approximate surface area is 196 Å². The predicted octanol–water partition coefficient (Wildman–Crippen LogP) is 4.23. The Morgan fingerprint density at radius 2 is 1.94 bits per heavy atom. The number of nitrogens with zero attached hydrogens (tertiary/aromatic N) is 2. The Hall–Kier alpha value is -3.60. The molecule has 33 heavy (non-hydrogen) atoms. The summed E-state index contributed by atoms with van der Waals surface area (Å²) in [6.07, 6.45) is 2.02. The fourth-order valence-electron chi connectivity index (χ4n) is 3.25. The number of carbonyl (C=O) groups is 1. The van der Waals surface area contributed by atoms with E-state index in [1.807, 2.05) is 24.3 Å². The maximum absolute atomic E-state index is 13.5. The summed E-state index contributed by atoms with van der Waals surface area (Å²) in [7, 11) is 3.06. The molecular weight excluding hydrogens is 444 g/mol. The van der Waals surface area contributed by atoms with Crippen LogP contribution in [0.15, 0.2) is 59.5 Å². The maximum atomic E-state index is 13.5. The first-order valence-corrected chi connectivity index (χ1v) is 10.6. The number of pyridine rings is 1. The largest absolute Gasteiger partial charge is 0.497 e. The van der Waals surface area contributed by atoms with E-state index in [0.29, 0.717) is 36.1 Å². The zero-order chi connectivity index (χ0) is 23.8. The van der Waals surface area contributed by atoms with E-state index < -0.39 is 11.3 Å². The van der Waals surface area contributed by atoms with Gasteiger partial charge in [-0.2, -0.15) is 5.26 Å². The summed E-state index contributed by atoms with van der Waals surface area (Å²) in [6, 6.07) is 15.3. The molecule has 0 amide bonds. The molecule has 0 radical (unpaired) electrons. The van der Waals surface area contributed by atoms with E-state index in [0.717, 1.165) is 5.56 Å². The summed E-state index contributed by atoms with van der Waals surface area (Å²) < 4.78 is 17.6. The predicted molar refractivity (Wildman–Crippen MR) is 124 cm³/mol. The van der Waals surface area contributed by atoms with Crippen LogP contribution in [-0.2, 0) is 17.9 Å². The van der Waals surface area contributed by atoms with Gasteiger partial charge in [0, 0.05) is 42.6 Å². The number of rotatable bonds is 10. The van der Waals surface area contributed by atoms with Gasteiger partial charge in [0.2, 0.25) is 0 Å². The number of hydrogen-bond acceptors (Lipinski definition) is 6. The molecule has 1 heterocycles. The van der Waals surface area contributed by atoms with E-state index in [-0.39, 0.29) is 23.3 Å². The molecule has 0 saturated heterocycles. The van der Waals surface area contributed by atoms with Crippen LogP contribution in [0.3, 0.4) is 0 Å². The molecular formula is C25H23ClN2O5. The second-order valence-electron chi connectivity index (χ2n) is 7.17. The van der Waals surface area contributed by atoms with Crippen molar-refractivity contribution in [3.05, 3.63) is 92.4 Å². The van der Waals surface area contributed by atoms with Crippen LogP contribution in [0.4, 0.5) is 0 Å². The van der Waals surface area contributed by atoms with Crippen LogP contribution in [0.25, 0.3) is 0 Å². The van der Waals surface area contributed by atoms with E-state index in [1.54, 1.807) is 31.4 Å². The SMILES string of the molecule is COCCCn1cc(C(=O)c2cc(OC)ccc2OCc2ccccc2Cl)cc(C#N)c1=O. The van der Waals surface area contributed by atoms with E-state index >= 15 is 0 Å². The molecule has 0 bridgehead atoms. The van der Waals surface area contributed by atoms with E-state index in [1.165, 1.54) is 23.9 Å². The normalized spacial score (nSPS) is 10.5. The first kappa shape index (κ1) is 24.1. The van der Waals surface area contributed by atoms with Gasteiger partial charge in [-0.05, 0) is 36.8 Å². The smallest absolute Gasteiger partial charge is 0.268 e. The van der Waals surface area contributed by atoms with Crippen LogP contribution in [0, 0.1) is 11.3 Å². The van der Waals surface area contributed by atoms with Gasteiger partial charge in [-0.1, -0.05) is 29.8 Å². The van der Waals surface area contributed by atoms with Crippen LogP contribution in [0.2, 0.25) is 5.02 Å². The summed E-state index contributed by atoms with van der Waals surface area (Å²) >= 11 is 6.22. The minimum absolute atomic E-state index is 0.111. The monoisotopic (exact) mass is 466 g/mol. The molecule has 7 nitrogen and oxygen atoms in total. The van der Waals surface area contributed by atoms with Crippen molar-refractivity contribution in [3.8, 4) is 17.6 Å². The van der Waals surface area contributed by atoms with Gasteiger partial charge in [-0.3, -0.25) is 9.59 Å². The highest BCUT2D eigenvalue weighted by Crippen LogP contribution is 2.28. The van der Waals surface area contributed by atoms with Crippen LogP contribution in [0.5, 0.6) is 11.5 Å². The van der Waals surface area contributed by atoms with Crippen molar-refractivity contribution in [2.24, 2.45) is 0 Å². The van der Waals surface area contributed by atoms with Gasteiger partial charge in [-0.25, -0.2) is 0 Å².